The highest BCUT2D eigenvalue weighted by atomic mass is 16.1. The Hall–Kier alpha value is -1.05. The van der Waals surface area contributed by atoms with Crippen molar-refractivity contribution in [1.29, 1.82) is 0 Å². The van der Waals surface area contributed by atoms with Gasteiger partial charge in [0.1, 0.15) is 0 Å². The molecule has 0 radical (unpaired) electrons. The Kier molecular flexibility index (Phi) is 7.44. The fourth-order valence-electron chi connectivity index (χ4n) is 1.61. The first-order valence-electron chi connectivity index (χ1n) is 6.95. The second-order valence-corrected chi connectivity index (χ2v) is 4.73. The number of amides is 1. The molecule has 0 heterocycles. The molecule has 1 fully saturated rings. The van der Waals surface area contributed by atoms with Gasteiger partial charge in [-0.3, -0.25) is 4.79 Å². The molecule has 1 saturated carbocycles. The van der Waals surface area contributed by atoms with Crippen LogP contribution in [0.2, 0.25) is 0 Å². The van der Waals surface area contributed by atoms with E-state index in [0.29, 0.717) is 6.04 Å². The number of hydrogen-bond acceptors (Lipinski definition) is 1. The molecule has 0 atom stereocenters. The maximum atomic E-state index is 11.3. The first kappa shape index (κ1) is 14.0. The standard InChI is InChI=1S/C15H25NO/c1-2-3-4-5-6-7-8-9-10-11-15(17)16-14-12-13-14/h6-7,10-11,14H,2-5,8-9,12-13H2,1H3,(H,16,17)/b7-6-,11-10+. The van der Waals surface area contributed by atoms with Gasteiger partial charge in [-0.15, -0.1) is 0 Å². The number of unbranched alkanes of at least 4 members (excludes halogenated alkanes) is 4. The van der Waals surface area contributed by atoms with Crippen molar-refractivity contribution in [2.75, 3.05) is 0 Å². The Morgan fingerprint density at radius 3 is 2.53 bits per heavy atom. The summed E-state index contributed by atoms with van der Waals surface area (Å²) < 4.78 is 0. The van der Waals surface area contributed by atoms with Crippen LogP contribution in [0.25, 0.3) is 0 Å². The minimum atomic E-state index is 0.0689. The summed E-state index contributed by atoms with van der Waals surface area (Å²) in [6.07, 6.45) is 17.5. The van der Waals surface area contributed by atoms with E-state index in [1.807, 2.05) is 6.08 Å². The molecule has 1 aliphatic rings. The van der Waals surface area contributed by atoms with E-state index in [-0.39, 0.29) is 5.91 Å². The molecular weight excluding hydrogens is 210 g/mol. The predicted molar refractivity (Wildman–Crippen MR) is 72.8 cm³/mol. The third kappa shape index (κ3) is 8.73. The van der Waals surface area contributed by atoms with E-state index >= 15 is 0 Å². The highest BCUT2D eigenvalue weighted by Gasteiger charge is 2.21. The van der Waals surface area contributed by atoms with Gasteiger partial charge in [0.15, 0.2) is 0 Å². The van der Waals surface area contributed by atoms with E-state index in [2.05, 4.69) is 24.4 Å². The molecule has 17 heavy (non-hydrogen) atoms. The Morgan fingerprint density at radius 1 is 1.12 bits per heavy atom. The molecule has 2 nitrogen and oxygen atoms in total. The van der Waals surface area contributed by atoms with Gasteiger partial charge in [0.2, 0.25) is 5.91 Å². The molecule has 0 unspecified atom stereocenters. The molecule has 0 aliphatic heterocycles. The SMILES string of the molecule is CCCCC/C=C\CC/C=C/C(=O)NC1CC1. The number of carbonyl (C=O) groups is 1. The van der Waals surface area contributed by atoms with Crippen molar-refractivity contribution in [1.82, 2.24) is 5.32 Å². The summed E-state index contributed by atoms with van der Waals surface area (Å²) in [6.45, 7) is 2.22. The van der Waals surface area contributed by atoms with E-state index in [1.54, 1.807) is 6.08 Å². The summed E-state index contributed by atoms with van der Waals surface area (Å²) in [5.74, 6) is 0.0689. The summed E-state index contributed by atoms with van der Waals surface area (Å²) in [5, 5.41) is 2.94. The number of carbonyl (C=O) groups excluding carboxylic acids is 1. The van der Waals surface area contributed by atoms with Crippen LogP contribution < -0.4 is 5.32 Å². The lowest BCUT2D eigenvalue weighted by Gasteiger charge is -1.95. The average molecular weight is 235 g/mol. The first-order valence-corrected chi connectivity index (χ1v) is 6.95. The normalized spacial score (nSPS) is 15.8. The van der Waals surface area contributed by atoms with Crippen molar-refractivity contribution in [2.24, 2.45) is 0 Å². The first-order chi connectivity index (χ1) is 8.33. The Morgan fingerprint density at radius 2 is 1.82 bits per heavy atom. The average Bonchev–Trinajstić information content (AvgIpc) is 3.11. The van der Waals surface area contributed by atoms with Gasteiger partial charge in [0, 0.05) is 6.04 Å². The zero-order valence-electron chi connectivity index (χ0n) is 11.0. The lowest BCUT2D eigenvalue weighted by molar-refractivity contribution is -0.116. The summed E-state index contributed by atoms with van der Waals surface area (Å²) in [4.78, 5) is 11.3. The van der Waals surface area contributed by atoms with Crippen molar-refractivity contribution in [3.63, 3.8) is 0 Å². The van der Waals surface area contributed by atoms with Gasteiger partial charge in [-0.1, -0.05) is 38.0 Å². The molecule has 0 aromatic carbocycles. The number of hydrogen-bond donors (Lipinski definition) is 1. The molecule has 0 bridgehead atoms. The lowest BCUT2D eigenvalue weighted by atomic mass is 10.2. The van der Waals surface area contributed by atoms with Crippen LogP contribution >= 0.6 is 0 Å². The van der Waals surface area contributed by atoms with Crippen LogP contribution in [0, 0.1) is 0 Å². The van der Waals surface area contributed by atoms with Crippen LogP contribution in [0.5, 0.6) is 0 Å². The number of rotatable bonds is 9. The predicted octanol–water partition coefficient (Wildman–Crippen LogP) is 3.74. The molecule has 0 spiro atoms. The van der Waals surface area contributed by atoms with Crippen molar-refractivity contribution < 1.29 is 4.79 Å². The van der Waals surface area contributed by atoms with Crippen LogP contribution in [0.15, 0.2) is 24.3 Å². The minimum Gasteiger partial charge on any atom is -0.350 e. The van der Waals surface area contributed by atoms with E-state index in [4.69, 9.17) is 0 Å². The quantitative estimate of drug-likeness (QED) is 0.368. The highest BCUT2D eigenvalue weighted by molar-refractivity contribution is 5.87. The summed E-state index contributed by atoms with van der Waals surface area (Å²) >= 11 is 0. The van der Waals surface area contributed by atoms with E-state index in [1.165, 1.54) is 25.7 Å². The Labute approximate surface area is 105 Å². The van der Waals surface area contributed by atoms with Crippen molar-refractivity contribution in [3.8, 4) is 0 Å². The fraction of sp³-hybridized carbons (Fsp3) is 0.667. The van der Waals surface area contributed by atoms with Gasteiger partial charge >= 0.3 is 0 Å². The number of allylic oxidation sites excluding steroid dienone is 3. The maximum Gasteiger partial charge on any atom is 0.243 e. The molecule has 1 rings (SSSR count). The summed E-state index contributed by atoms with van der Waals surface area (Å²) in [5.41, 5.74) is 0. The smallest absolute Gasteiger partial charge is 0.243 e. The minimum absolute atomic E-state index is 0.0689. The Balaban J connectivity index is 1.91. The molecule has 0 aromatic rings. The molecule has 2 heteroatoms. The van der Waals surface area contributed by atoms with Crippen molar-refractivity contribution in [2.45, 2.75) is 64.3 Å². The van der Waals surface area contributed by atoms with Gasteiger partial charge < -0.3 is 5.32 Å². The largest absolute Gasteiger partial charge is 0.350 e. The van der Waals surface area contributed by atoms with Crippen LogP contribution in [0.3, 0.4) is 0 Å². The Bertz CT molecular complexity index is 264. The monoisotopic (exact) mass is 235 g/mol. The van der Waals surface area contributed by atoms with Crippen LogP contribution in [-0.4, -0.2) is 11.9 Å². The highest BCUT2D eigenvalue weighted by Crippen LogP contribution is 2.18. The topological polar surface area (TPSA) is 29.1 Å². The second-order valence-electron chi connectivity index (χ2n) is 4.73. The summed E-state index contributed by atoms with van der Waals surface area (Å²) in [6, 6.07) is 0.464. The molecule has 1 aliphatic carbocycles. The van der Waals surface area contributed by atoms with Crippen LogP contribution in [0.4, 0.5) is 0 Å². The summed E-state index contributed by atoms with van der Waals surface area (Å²) in [7, 11) is 0. The van der Waals surface area contributed by atoms with Gasteiger partial charge in [-0.25, -0.2) is 0 Å². The van der Waals surface area contributed by atoms with Gasteiger partial charge in [0.25, 0.3) is 0 Å². The van der Waals surface area contributed by atoms with E-state index in [0.717, 1.165) is 25.7 Å². The zero-order valence-corrected chi connectivity index (χ0v) is 11.0. The lowest BCUT2D eigenvalue weighted by Crippen LogP contribution is -2.22. The molecule has 0 saturated heterocycles. The van der Waals surface area contributed by atoms with Crippen molar-refractivity contribution >= 4 is 5.91 Å². The van der Waals surface area contributed by atoms with E-state index < -0.39 is 0 Å². The molecule has 1 N–H and O–H groups in total. The molecule has 1 amide bonds. The van der Waals surface area contributed by atoms with Gasteiger partial charge in [-0.05, 0) is 44.6 Å². The third-order valence-electron chi connectivity index (χ3n) is 2.83. The zero-order chi connectivity index (χ0) is 12.3. The van der Waals surface area contributed by atoms with Gasteiger partial charge in [-0.2, -0.15) is 0 Å². The molecular formula is C15H25NO. The van der Waals surface area contributed by atoms with Crippen molar-refractivity contribution in [3.05, 3.63) is 24.3 Å². The molecule has 96 valence electrons. The fourth-order valence-corrected chi connectivity index (χ4v) is 1.61. The van der Waals surface area contributed by atoms with Crippen LogP contribution in [0.1, 0.15) is 58.3 Å². The van der Waals surface area contributed by atoms with E-state index in [9.17, 15) is 4.79 Å². The second kappa shape index (κ2) is 9.03. The maximum absolute atomic E-state index is 11.3. The third-order valence-corrected chi connectivity index (χ3v) is 2.83. The van der Waals surface area contributed by atoms with Gasteiger partial charge in [0.05, 0.1) is 0 Å². The number of nitrogens with one attached hydrogen (secondary N) is 1. The molecule has 0 aromatic heterocycles. The van der Waals surface area contributed by atoms with Crippen LogP contribution in [-0.2, 0) is 4.79 Å².